The molecule has 18 heavy (non-hydrogen) atoms. The number of aryl methyl sites for hydroxylation is 2. The molecular weight excluding hydrogens is 236 g/mol. The molecule has 1 aromatic heterocycles. The second kappa shape index (κ2) is 5.20. The van der Waals surface area contributed by atoms with Crippen LogP contribution < -0.4 is 5.32 Å². The summed E-state index contributed by atoms with van der Waals surface area (Å²) in [7, 11) is 0. The van der Waals surface area contributed by atoms with Crippen molar-refractivity contribution in [1.29, 1.82) is 0 Å². The summed E-state index contributed by atoms with van der Waals surface area (Å²) >= 11 is 0. The molecule has 100 valence electrons. The highest BCUT2D eigenvalue weighted by molar-refractivity contribution is 5.87. The van der Waals surface area contributed by atoms with E-state index >= 15 is 0 Å². The van der Waals surface area contributed by atoms with Crippen LogP contribution in [0.25, 0.3) is 0 Å². The third kappa shape index (κ3) is 2.88. The maximum atomic E-state index is 11.8. The van der Waals surface area contributed by atoms with E-state index in [0.29, 0.717) is 23.4 Å². The van der Waals surface area contributed by atoms with Crippen LogP contribution in [0, 0.1) is 13.8 Å². The van der Waals surface area contributed by atoms with Gasteiger partial charge in [0.25, 0.3) is 0 Å². The predicted octanol–water partition coefficient (Wildman–Crippen LogP) is 1.20. The number of hydrogen-bond donors (Lipinski definition) is 2. The minimum absolute atomic E-state index is 0.0734. The van der Waals surface area contributed by atoms with Crippen LogP contribution in [0.1, 0.15) is 37.3 Å². The van der Waals surface area contributed by atoms with Crippen LogP contribution in [-0.4, -0.2) is 27.7 Å². The van der Waals surface area contributed by atoms with E-state index in [9.17, 15) is 9.59 Å². The van der Waals surface area contributed by atoms with Crippen molar-refractivity contribution in [1.82, 2.24) is 10.5 Å². The van der Waals surface area contributed by atoms with E-state index in [1.807, 2.05) is 0 Å². The molecule has 1 amide bonds. The Morgan fingerprint density at radius 2 is 2.06 bits per heavy atom. The van der Waals surface area contributed by atoms with Crippen molar-refractivity contribution >= 4 is 11.9 Å². The van der Waals surface area contributed by atoms with Gasteiger partial charge in [-0.1, -0.05) is 12.1 Å². The molecule has 1 aromatic rings. The lowest BCUT2D eigenvalue weighted by Crippen LogP contribution is -2.52. The highest BCUT2D eigenvalue weighted by Crippen LogP contribution is 2.14. The summed E-state index contributed by atoms with van der Waals surface area (Å²) in [5.41, 5.74) is 0.114. The van der Waals surface area contributed by atoms with Gasteiger partial charge in [0.1, 0.15) is 11.3 Å². The van der Waals surface area contributed by atoms with Gasteiger partial charge in [-0.15, -0.1) is 0 Å². The van der Waals surface area contributed by atoms with Gasteiger partial charge in [0.05, 0.1) is 12.1 Å². The Balaban J connectivity index is 2.76. The minimum atomic E-state index is -1.24. The molecule has 0 fully saturated rings. The van der Waals surface area contributed by atoms with E-state index in [-0.39, 0.29) is 12.3 Å². The van der Waals surface area contributed by atoms with Gasteiger partial charge in [0.15, 0.2) is 0 Å². The largest absolute Gasteiger partial charge is 0.480 e. The number of nitrogens with one attached hydrogen (secondary N) is 1. The molecule has 1 rings (SSSR count). The molecule has 0 aromatic carbocycles. The van der Waals surface area contributed by atoms with Crippen LogP contribution >= 0.6 is 0 Å². The second-order valence-electron chi connectivity index (χ2n) is 4.52. The number of carbonyl (C=O) groups excluding carboxylic acids is 1. The highest BCUT2D eigenvalue weighted by atomic mass is 16.5. The molecule has 0 bridgehead atoms. The summed E-state index contributed by atoms with van der Waals surface area (Å²) in [6.07, 6.45) is 0.389. The molecular formula is C12H18N2O4. The Bertz CT molecular complexity index is 447. The number of aliphatic carboxylic acids is 1. The first-order chi connectivity index (χ1) is 8.30. The fraction of sp³-hybridized carbons (Fsp3) is 0.583. The van der Waals surface area contributed by atoms with Gasteiger partial charge in [0, 0.05) is 5.56 Å². The monoisotopic (exact) mass is 254 g/mol. The quantitative estimate of drug-likeness (QED) is 0.823. The molecule has 2 N–H and O–H groups in total. The summed E-state index contributed by atoms with van der Waals surface area (Å²) < 4.78 is 4.95. The Labute approximate surface area is 105 Å². The van der Waals surface area contributed by atoms with E-state index < -0.39 is 11.5 Å². The molecule has 1 heterocycles. The maximum Gasteiger partial charge on any atom is 0.329 e. The number of hydrogen-bond acceptors (Lipinski definition) is 4. The minimum Gasteiger partial charge on any atom is -0.480 e. The zero-order valence-corrected chi connectivity index (χ0v) is 11.0. The molecule has 0 radical (unpaired) electrons. The first-order valence-electron chi connectivity index (χ1n) is 5.76. The summed E-state index contributed by atoms with van der Waals surface area (Å²) in [4.78, 5) is 22.9. The zero-order chi connectivity index (χ0) is 13.9. The molecule has 0 aliphatic carbocycles. The van der Waals surface area contributed by atoms with Gasteiger partial charge < -0.3 is 14.9 Å². The summed E-state index contributed by atoms with van der Waals surface area (Å²) in [6, 6.07) is 0. The SMILES string of the molecule is CCC(C)(NC(=O)Cc1c(C)noc1C)C(=O)O. The fourth-order valence-corrected chi connectivity index (χ4v) is 1.56. The van der Waals surface area contributed by atoms with Crippen LogP contribution in [0.3, 0.4) is 0 Å². The predicted molar refractivity (Wildman–Crippen MR) is 64.2 cm³/mol. The maximum absolute atomic E-state index is 11.8. The molecule has 0 aliphatic heterocycles. The molecule has 0 spiro atoms. The Morgan fingerprint density at radius 1 is 1.44 bits per heavy atom. The molecule has 1 atom stereocenters. The average molecular weight is 254 g/mol. The van der Waals surface area contributed by atoms with Gasteiger partial charge in [0.2, 0.25) is 5.91 Å². The normalized spacial score (nSPS) is 14.0. The molecule has 0 saturated heterocycles. The number of amides is 1. The smallest absolute Gasteiger partial charge is 0.329 e. The summed E-state index contributed by atoms with van der Waals surface area (Å²) in [5.74, 6) is -0.815. The van der Waals surface area contributed by atoms with E-state index in [0.717, 1.165) is 0 Å². The number of rotatable bonds is 5. The molecule has 1 unspecified atom stereocenters. The second-order valence-corrected chi connectivity index (χ2v) is 4.52. The van der Waals surface area contributed by atoms with E-state index in [4.69, 9.17) is 9.63 Å². The third-order valence-corrected chi connectivity index (χ3v) is 3.11. The first-order valence-corrected chi connectivity index (χ1v) is 5.76. The fourth-order valence-electron chi connectivity index (χ4n) is 1.56. The molecule has 6 heteroatoms. The highest BCUT2D eigenvalue weighted by Gasteiger charge is 2.33. The van der Waals surface area contributed by atoms with E-state index in [1.165, 1.54) is 6.92 Å². The van der Waals surface area contributed by atoms with Crippen LogP contribution in [-0.2, 0) is 16.0 Å². The molecule has 6 nitrogen and oxygen atoms in total. The first kappa shape index (κ1) is 14.2. The van der Waals surface area contributed by atoms with Crippen molar-refractivity contribution in [3.63, 3.8) is 0 Å². The Hall–Kier alpha value is -1.85. The average Bonchev–Trinajstić information content (AvgIpc) is 2.60. The van der Waals surface area contributed by atoms with Crippen LogP contribution in [0.2, 0.25) is 0 Å². The van der Waals surface area contributed by atoms with Crippen molar-refractivity contribution in [3.8, 4) is 0 Å². The standard InChI is InChI=1S/C12H18N2O4/c1-5-12(4,11(16)17)13-10(15)6-9-7(2)14-18-8(9)3/h5-6H2,1-4H3,(H,13,15)(H,16,17). The van der Waals surface area contributed by atoms with Gasteiger partial charge in [-0.2, -0.15) is 0 Å². The molecule has 0 saturated carbocycles. The van der Waals surface area contributed by atoms with Gasteiger partial charge in [-0.05, 0) is 27.2 Å². The summed E-state index contributed by atoms with van der Waals surface area (Å²) in [6.45, 7) is 6.67. The number of carboxylic acid groups (broad SMARTS) is 1. The Morgan fingerprint density at radius 3 is 2.44 bits per heavy atom. The van der Waals surface area contributed by atoms with Crippen LogP contribution in [0.5, 0.6) is 0 Å². The number of carboxylic acids is 1. The van der Waals surface area contributed by atoms with Gasteiger partial charge >= 0.3 is 5.97 Å². The number of carbonyl (C=O) groups is 2. The zero-order valence-electron chi connectivity index (χ0n) is 11.0. The van der Waals surface area contributed by atoms with Crippen molar-refractivity contribution in [2.24, 2.45) is 0 Å². The van der Waals surface area contributed by atoms with Crippen LogP contribution in [0.15, 0.2) is 4.52 Å². The number of nitrogens with zero attached hydrogens (tertiary/aromatic N) is 1. The van der Waals surface area contributed by atoms with Crippen molar-refractivity contribution in [3.05, 3.63) is 17.0 Å². The topological polar surface area (TPSA) is 92.4 Å². The lowest BCUT2D eigenvalue weighted by Gasteiger charge is -2.24. The van der Waals surface area contributed by atoms with Crippen molar-refractivity contribution in [2.75, 3.05) is 0 Å². The van der Waals surface area contributed by atoms with E-state index in [2.05, 4.69) is 10.5 Å². The number of aromatic nitrogens is 1. The van der Waals surface area contributed by atoms with Gasteiger partial charge in [-0.25, -0.2) is 4.79 Å². The molecule has 0 aliphatic rings. The van der Waals surface area contributed by atoms with Crippen LogP contribution in [0.4, 0.5) is 0 Å². The lowest BCUT2D eigenvalue weighted by atomic mass is 9.98. The van der Waals surface area contributed by atoms with E-state index in [1.54, 1.807) is 20.8 Å². The third-order valence-electron chi connectivity index (χ3n) is 3.11. The van der Waals surface area contributed by atoms with Crippen molar-refractivity contribution < 1.29 is 19.2 Å². The lowest BCUT2D eigenvalue weighted by molar-refractivity contribution is -0.146. The Kier molecular flexibility index (Phi) is 4.11. The van der Waals surface area contributed by atoms with Gasteiger partial charge in [-0.3, -0.25) is 4.79 Å². The van der Waals surface area contributed by atoms with Crippen molar-refractivity contribution in [2.45, 2.75) is 46.1 Å². The summed E-state index contributed by atoms with van der Waals surface area (Å²) in [5, 5.41) is 15.3.